The first-order valence-electron chi connectivity index (χ1n) is 6.36. The van der Waals surface area contributed by atoms with Gasteiger partial charge in [-0.25, -0.2) is 4.79 Å². The minimum Gasteiger partial charge on any atom is -0.478 e. The predicted octanol–water partition coefficient (Wildman–Crippen LogP) is 2.67. The largest absolute Gasteiger partial charge is 0.478 e. The number of hydrogen-bond acceptors (Lipinski definition) is 4. The van der Waals surface area contributed by atoms with E-state index in [9.17, 15) is 20.0 Å². The fourth-order valence-corrected chi connectivity index (χ4v) is 2.40. The smallest absolute Gasteiger partial charge is 0.338 e. The lowest BCUT2D eigenvalue weighted by atomic mass is 10.1. The Morgan fingerprint density at radius 1 is 1.21 bits per heavy atom. The Kier molecular flexibility index (Phi) is 3.99. The quantitative estimate of drug-likeness (QED) is 0.670. The summed E-state index contributed by atoms with van der Waals surface area (Å²) in [6.45, 7) is 1.61. The number of benzene rings is 1. The third-order valence-electron chi connectivity index (χ3n) is 3.37. The van der Waals surface area contributed by atoms with E-state index in [1.165, 1.54) is 6.07 Å². The number of nitro benzene ring substituents is 1. The molecule has 1 aromatic rings. The summed E-state index contributed by atoms with van der Waals surface area (Å²) in [5.41, 5.74) is 0.409. The fraction of sp³-hybridized carbons (Fsp3) is 0.462. The molecule has 1 aliphatic heterocycles. The number of carbonyl (C=O) groups is 1. The monoisotopic (exact) mass is 264 g/mol. The highest BCUT2D eigenvalue weighted by Gasteiger charge is 2.20. The van der Waals surface area contributed by atoms with Crippen molar-refractivity contribution in [3.8, 4) is 0 Å². The van der Waals surface area contributed by atoms with E-state index in [-0.39, 0.29) is 11.3 Å². The Labute approximate surface area is 110 Å². The van der Waals surface area contributed by atoms with Crippen LogP contribution in [0.2, 0.25) is 0 Å². The maximum atomic E-state index is 11.3. The summed E-state index contributed by atoms with van der Waals surface area (Å²) in [6, 6.07) is 4.06. The van der Waals surface area contributed by atoms with E-state index in [0.717, 1.165) is 44.8 Å². The number of rotatable bonds is 3. The molecular weight excluding hydrogens is 248 g/mol. The van der Waals surface area contributed by atoms with Crippen LogP contribution in [0.4, 0.5) is 11.4 Å². The van der Waals surface area contributed by atoms with Gasteiger partial charge < -0.3 is 10.0 Å². The molecule has 1 saturated heterocycles. The molecule has 0 aliphatic carbocycles. The van der Waals surface area contributed by atoms with Crippen molar-refractivity contribution in [3.63, 3.8) is 0 Å². The molecule has 1 heterocycles. The van der Waals surface area contributed by atoms with Gasteiger partial charge in [-0.15, -0.1) is 0 Å². The van der Waals surface area contributed by atoms with Crippen molar-refractivity contribution in [1.29, 1.82) is 0 Å². The molecule has 0 bridgehead atoms. The summed E-state index contributed by atoms with van der Waals surface area (Å²) in [6.07, 6.45) is 4.34. The van der Waals surface area contributed by atoms with Crippen LogP contribution in [0.5, 0.6) is 0 Å². The van der Waals surface area contributed by atoms with Crippen molar-refractivity contribution >= 4 is 17.3 Å². The standard InChI is InChI=1S/C13H16N2O4/c16-13(17)11-9-10(15(18)19)5-6-12(11)14-7-3-1-2-4-8-14/h5-6,9H,1-4,7-8H2,(H,16,17). The van der Waals surface area contributed by atoms with Crippen LogP contribution < -0.4 is 4.90 Å². The number of non-ortho nitro benzene ring substituents is 1. The number of nitro groups is 1. The summed E-state index contributed by atoms with van der Waals surface area (Å²) in [4.78, 5) is 23.4. The molecule has 0 radical (unpaired) electrons. The number of anilines is 1. The van der Waals surface area contributed by atoms with Crippen molar-refractivity contribution < 1.29 is 14.8 Å². The second-order valence-electron chi connectivity index (χ2n) is 4.66. The topological polar surface area (TPSA) is 83.7 Å². The molecule has 6 heteroatoms. The minimum atomic E-state index is -1.12. The molecule has 1 aliphatic rings. The average molecular weight is 264 g/mol. The molecule has 1 fully saturated rings. The summed E-state index contributed by atoms with van der Waals surface area (Å²) < 4.78 is 0. The van der Waals surface area contributed by atoms with E-state index in [1.54, 1.807) is 6.07 Å². The minimum absolute atomic E-state index is 0.0103. The molecule has 102 valence electrons. The number of carboxylic acids is 1. The van der Waals surface area contributed by atoms with Crippen molar-refractivity contribution in [3.05, 3.63) is 33.9 Å². The van der Waals surface area contributed by atoms with Crippen molar-refractivity contribution in [2.24, 2.45) is 0 Å². The zero-order chi connectivity index (χ0) is 13.8. The molecule has 1 N–H and O–H groups in total. The van der Waals surface area contributed by atoms with Gasteiger partial charge in [-0.05, 0) is 18.9 Å². The first-order valence-corrected chi connectivity index (χ1v) is 6.36. The van der Waals surface area contributed by atoms with E-state index in [0.29, 0.717) is 5.69 Å². The Bertz CT molecular complexity index is 493. The van der Waals surface area contributed by atoms with Gasteiger partial charge in [0, 0.05) is 25.2 Å². The predicted molar refractivity (Wildman–Crippen MR) is 70.7 cm³/mol. The Morgan fingerprint density at radius 2 is 1.84 bits per heavy atom. The molecule has 0 saturated carbocycles. The van der Waals surface area contributed by atoms with Crippen LogP contribution in [-0.4, -0.2) is 29.1 Å². The number of nitrogens with zero attached hydrogens (tertiary/aromatic N) is 2. The Hall–Kier alpha value is -2.11. The molecule has 0 amide bonds. The molecule has 6 nitrogen and oxygen atoms in total. The highest BCUT2D eigenvalue weighted by atomic mass is 16.6. The average Bonchev–Trinajstić information content (AvgIpc) is 2.66. The van der Waals surface area contributed by atoms with Crippen LogP contribution in [0.3, 0.4) is 0 Å². The van der Waals surface area contributed by atoms with Gasteiger partial charge >= 0.3 is 5.97 Å². The summed E-state index contributed by atoms with van der Waals surface area (Å²) >= 11 is 0. The highest BCUT2D eigenvalue weighted by Crippen LogP contribution is 2.27. The van der Waals surface area contributed by atoms with Crippen molar-refractivity contribution in [1.82, 2.24) is 0 Å². The Morgan fingerprint density at radius 3 is 2.37 bits per heavy atom. The molecule has 0 unspecified atom stereocenters. The van der Waals surface area contributed by atoms with E-state index < -0.39 is 10.9 Å². The van der Waals surface area contributed by atoms with Crippen LogP contribution in [0.25, 0.3) is 0 Å². The van der Waals surface area contributed by atoms with Gasteiger partial charge in [-0.2, -0.15) is 0 Å². The van der Waals surface area contributed by atoms with Crippen LogP contribution in [0.1, 0.15) is 36.0 Å². The summed E-state index contributed by atoms with van der Waals surface area (Å²) in [7, 11) is 0. The third-order valence-corrected chi connectivity index (χ3v) is 3.37. The number of carboxylic acid groups (broad SMARTS) is 1. The lowest BCUT2D eigenvalue weighted by Crippen LogP contribution is -2.26. The van der Waals surface area contributed by atoms with Crippen molar-refractivity contribution in [2.75, 3.05) is 18.0 Å². The van der Waals surface area contributed by atoms with Gasteiger partial charge in [-0.3, -0.25) is 10.1 Å². The number of hydrogen-bond donors (Lipinski definition) is 1. The van der Waals surface area contributed by atoms with Crippen LogP contribution >= 0.6 is 0 Å². The van der Waals surface area contributed by atoms with Gasteiger partial charge in [-0.1, -0.05) is 12.8 Å². The zero-order valence-electron chi connectivity index (χ0n) is 10.5. The maximum Gasteiger partial charge on any atom is 0.338 e. The molecule has 19 heavy (non-hydrogen) atoms. The fourth-order valence-electron chi connectivity index (χ4n) is 2.40. The van der Waals surface area contributed by atoms with Gasteiger partial charge in [0.15, 0.2) is 0 Å². The van der Waals surface area contributed by atoms with E-state index in [4.69, 9.17) is 0 Å². The lowest BCUT2D eigenvalue weighted by molar-refractivity contribution is -0.384. The molecule has 0 atom stereocenters. The second-order valence-corrected chi connectivity index (χ2v) is 4.66. The van der Waals surface area contributed by atoms with Gasteiger partial charge in [0.1, 0.15) is 0 Å². The normalized spacial score (nSPS) is 15.9. The highest BCUT2D eigenvalue weighted by molar-refractivity contribution is 5.95. The molecule has 0 spiro atoms. The first-order chi connectivity index (χ1) is 9.09. The molecule has 0 aromatic heterocycles. The maximum absolute atomic E-state index is 11.3. The van der Waals surface area contributed by atoms with Gasteiger partial charge in [0.2, 0.25) is 0 Å². The second kappa shape index (κ2) is 5.69. The van der Waals surface area contributed by atoms with Crippen LogP contribution in [0, 0.1) is 10.1 Å². The first kappa shape index (κ1) is 13.3. The third kappa shape index (κ3) is 3.01. The van der Waals surface area contributed by atoms with Crippen molar-refractivity contribution in [2.45, 2.75) is 25.7 Å². The number of aromatic carboxylic acids is 1. The summed E-state index contributed by atoms with van der Waals surface area (Å²) in [5, 5.41) is 19.9. The van der Waals surface area contributed by atoms with E-state index >= 15 is 0 Å². The van der Waals surface area contributed by atoms with E-state index in [1.807, 2.05) is 4.90 Å². The Balaban J connectivity index is 2.37. The lowest BCUT2D eigenvalue weighted by Gasteiger charge is -2.24. The van der Waals surface area contributed by atoms with Crippen LogP contribution in [-0.2, 0) is 0 Å². The van der Waals surface area contributed by atoms with Gasteiger partial charge in [0.05, 0.1) is 16.2 Å². The summed E-state index contributed by atoms with van der Waals surface area (Å²) in [5.74, 6) is -1.12. The van der Waals surface area contributed by atoms with E-state index in [2.05, 4.69) is 0 Å². The van der Waals surface area contributed by atoms with Gasteiger partial charge in [0.25, 0.3) is 5.69 Å². The zero-order valence-corrected chi connectivity index (χ0v) is 10.5. The SMILES string of the molecule is O=C(O)c1cc([N+](=O)[O-])ccc1N1CCCCCC1. The molecule has 1 aromatic carbocycles. The molecular formula is C13H16N2O4. The van der Waals surface area contributed by atoms with Crippen LogP contribution in [0.15, 0.2) is 18.2 Å². The molecule has 2 rings (SSSR count).